The topological polar surface area (TPSA) is 55.1 Å². The highest BCUT2D eigenvalue weighted by Crippen LogP contribution is 2.26. The van der Waals surface area contributed by atoms with Gasteiger partial charge in [-0.25, -0.2) is 0 Å². The minimum atomic E-state index is -0.156. The van der Waals surface area contributed by atoms with Crippen LogP contribution in [-0.4, -0.2) is 17.2 Å². The number of carbonyl (C=O) groups excluding carboxylic acids is 1. The van der Waals surface area contributed by atoms with Gasteiger partial charge in [0.15, 0.2) is 0 Å². The maximum atomic E-state index is 11.8. The fourth-order valence-electron chi connectivity index (χ4n) is 1.25. The van der Waals surface area contributed by atoms with Crippen LogP contribution in [0.2, 0.25) is 5.02 Å². The van der Waals surface area contributed by atoms with Gasteiger partial charge in [0, 0.05) is 10.4 Å². The van der Waals surface area contributed by atoms with E-state index in [9.17, 15) is 4.79 Å². The van der Waals surface area contributed by atoms with Gasteiger partial charge in [0.25, 0.3) is 0 Å². The number of nitrogens with two attached hydrogens (primary N) is 1. The average Bonchev–Trinajstić information content (AvgIpc) is 2.30. The molecular formula is C13H19ClN2OS. The highest BCUT2D eigenvalue weighted by Gasteiger charge is 2.17. The maximum absolute atomic E-state index is 11.8. The first kappa shape index (κ1) is 15.2. The first-order chi connectivity index (χ1) is 8.34. The van der Waals surface area contributed by atoms with E-state index in [-0.39, 0.29) is 11.4 Å². The molecule has 0 unspecified atom stereocenters. The van der Waals surface area contributed by atoms with Gasteiger partial charge < -0.3 is 11.1 Å². The van der Waals surface area contributed by atoms with E-state index in [0.717, 1.165) is 11.3 Å². The van der Waals surface area contributed by atoms with Crippen molar-refractivity contribution in [2.24, 2.45) is 0 Å². The number of nitrogens with one attached hydrogen (secondary N) is 1. The Kier molecular flexibility index (Phi) is 5.35. The zero-order chi connectivity index (χ0) is 13.8. The molecule has 3 N–H and O–H groups in total. The van der Waals surface area contributed by atoms with Gasteiger partial charge in [0.05, 0.1) is 16.5 Å². The van der Waals surface area contributed by atoms with E-state index in [1.165, 1.54) is 11.8 Å². The van der Waals surface area contributed by atoms with Crippen molar-refractivity contribution in [3.8, 4) is 0 Å². The summed E-state index contributed by atoms with van der Waals surface area (Å²) in [4.78, 5) is 12.7. The summed E-state index contributed by atoms with van der Waals surface area (Å²) < 4.78 is 0. The molecule has 0 fully saturated rings. The number of carbonyl (C=O) groups is 1. The third-order valence-electron chi connectivity index (χ3n) is 2.70. The Hall–Kier alpha value is -0.870. The quantitative estimate of drug-likeness (QED) is 0.645. The van der Waals surface area contributed by atoms with Gasteiger partial charge in [-0.3, -0.25) is 4.79 Å². The SMILES string of the molecule is CCC(C)(C)NC(=O)CSc1ccc(N)c(Cl)c1. The van der Waals surface area contributed by atoms with Crippen molar-refractivity contribution in [2.45, 2.75) is 37.6 Å². The summed E-state index contributed by atoms with van der Waals surface area (Å²) in [6, 6.07) is 5.39. The Bertz CT molecular complexity index is 435. The number of hydrogen-bond donors (Lipinski definition) is 2. The molecule has 0 aromatic heterocycles. The predicted molar refractivity (Wildman–Crippen MR) is 79.1 cm³/mol. The third-order valence-corrected chi connectivity index (χ3v) is 4.02. The standard InChI is InChI=1S/C13H19ClN2OS/c1-4-13(2,3)16-12(17)8-18-9-5-6-11(15)10(14)7-9/h5-7H,4,8,15H2,1-3H3,(H,16,17). The van der Waals surface area contributed by atoms with Crippen LogP contribution >= 0.6 is 23.4 Å². The molecule has 0 aliphatic rings. The molecule has 0 radical (unpaired) electrons. The number of benzene rings is 1. The summed E-state index contributed by atoms with van der Waals surface area (Å²) in [7, 11) is 0. The molecule has 0 saturated heterocycles. The van der Waals surface area contributed by atoms with Gasteiger partial charge in [-0.2, -0.15) is 0 Å². The number of rotatable bonds is 5. The molecule has 0 spiro atoms. The molecule has 0 atom stereocenters. The predicted octanol–water partition coefficient (Wildman–Crippen LogP) is 3.32. The van der Waals surface area contributed by atoms with Gasteiger partial charge in [0.1, 0.15) is 0 Å². The lowest BCUT2D eigenvalue weighted by Gasteiger charge is -2.24. The molecule has 1 rings (SSSR count). The molecule has 1 aromatic carbocycles. The van der Waals surface area contributed by atoms with Crippen LogP contribution in [0.15, 0.2) is 23.1 Å². The molecule has 0 heterocycles. The summed E-state index contributed by atoms with van der Waals surface area (Å²) >= 11 is 7.37. The van der Waals surface area contributed by atoms with Crippen molar-refractivity contribution < 1.29 is 4.79 Å². The second kappa shape index (κ2) is 6.34. The van der Waals surface area contributed by atoms with Gasteiger partial charge >= 0.3 is 0 Å². The lowest BCUT2D eigenvalue weighted by atomic mass is 10.0. The second-order valence-electron chi connectivity index (χ2n) is 4.76. The minimum absolute atomic E-state index is 0.0276. The molecule has 0 saturated carbocycles. The zero-order valence-electron chi connectivity index (χ0n) is 10.9. The van der Waals surface area contributed by atoms with E-state index in [2.05, 4.69) is 5.32 Å². The molecule has 0 aliphatic carbocycles. The number of halogens is 1. The Morgan fingerprint density at radius 1 is 1.50 bits per heavy atom. The fraction of sp³-hybridized carbons (Fsp3) is 0.462. The van der Waals surface area contributed by atoms with Crippen molar-refractivity contribution in [2.75, 3.05) is 11.5 Å². The van der Waals surface area contributed by atoms with Gasteiger partial charge in [-0.1, -0.05) is 18.5 Å². The van der Waals surface area contributed by atoms with Crippen LogP contribution in [0.1, 0.15) is 27.2 Å². The lowest BCUT2D eigenvalue weighted by Crippen LogP contribution is -2.43. The molecule has 1 aromatic rings. The monoisotopic (exact) mass is 286 g/mol. The minimum Gasteiger partial charge on any atom is -0.398 e. The Morgan fingerprint density at radius 2 is 2.17 bits per heavy atom. The molecule has 0 bridgehead atoms. The van der Waals surface area contributed by atoms with E-state index in [1.807, 2.05) is 26.8 Å². The Morgan fingerprint density at radius 3 is 2.72 bits per heavy atom. The van der Waals surface area contributed by atoms with E-state index in [0.29, 0.717) is 16.5 Å². The van der Waals surface area contributed by atoms with E-state index < -0.39 is 0 Å². The van der Waals surface area contributed by atoms with Gasteiger partial charge in [0.2, 0.25) is 5.91 Å². The summed E-state index contributed by atoms with van der Waals surface area (Å²) in [6.45, 7) is 6.07. The summed E-state index contributed by atoms with van der Waals surface area (Å²) in [6.07, 6.45) is 0.900. The zero-order valence-corrected chi connectivity index (χ0v) is 12.5. The second-order valence-corrected chi connectivity index (χ2v) is 6.21. The summed E-state index contributed by atoms with van der Waals surface area (Å²) in [5, 5.41) is 3.51. The Balaban J connectivity index is 2.50. The number of anilines is 1. The van der Waals surface area contributed by atoms with E-state index in [1.54, 1.807) is 12.1 Å². The van der Waals surface area contributed by atoms with Crippen LogP contribution in [0.5, 0.6) is 0 Å². The molecule has 100 valence electrons. The van der Waals surface area contributed by atoms with Crippen LogP contribution in [0.25, 0.3) is 0 Å². The van der Waals surface area contributed by atoms with Crippen molar-refractivity contribution >= 4 is 35.0 Å². The third kappa shape index (κ3) is 4.78. The highest BCUT2D eigenvalue weighted by atomic mass is 35.5. The van der Waals surface area contributed by atoms with Gasteiger partial charge in [-0.15, -0.1) is 11.8 Å². The van der Waals surface area contributed by atoms with Crippen molar-refractivity contribution in [1.82, 2.24) is 5.32 Å². The molecule has 0 aliphatic heterocycles. The molecule has 1 amide bonds. The van der Waals surface area contributed by atoms with Crippen LogP contribution < -0.4 is 11.1 Å². The molecule has 18 heavy (non-hydrogen) atoms. The maximum Gasteiger partial charge on any atom is 0.230 e. The van der Waals surface area contributed by atoms with Crippen LogP contribution in [0, 0.1) is 0 Å². The fourth-order valence-corrected chi connectivity index (χ4v) is 2.23. The number of thioether (sulfide) groups is 1. The number of nitrogen functional groups attached to an aromatic ring is 1. The van der Waals surface area contributed by atoms with Gasteiger partial charge in [-0.05, 0) is 38.5 Å². The molecule has 3 nitrogen and oxygen atoms in total. The first-order valence-corrected chi connectivity index (χ1v) is 7.19. The van der Waals surface area contributed by atoms with Crippen LogP contribution in [0.4, 0.5) is 5.69 Å². The first-order valence-electron chi connectivity index (χ1n) is 5.83. The van der Waals surface area contributed by atoms with Crippen molar-refractivity contribution in [1.29, 1.82) is 0 Å². The van der Waals surface area contributed by atoms with E-state index in [4.69, 9.17) is 17.3 Å². The summed E-state index contributed by atoms with van der Waals surface area (Å²) in [5.74, 6) is 0.406. The normalized spacial score (nSPS) is 11.3. The van der Waals surface area contributed by atoms with E-state index >= 15 is 0 Å². The lowest BCUT2D eigenvalue weighted by molar-refractivity contribution is -0.120. The number of hydrogen-bond acceptors (Lipinski definition) is 3. The number of amides is 1. The molecular weight excluding hydrogens is 268 g/mol. The largest absolute Gasteiger partial charge is 0.398 e. The smallest absolute Gasteiger partial charge is 0.230 e. The highest BCUT2D eigenvalue weighted by molar-refractivity contribution is 8.00. The van der Waals surface area contributed by atoms with Crippen molar-refractivity contribution in [3.63, 3.8) is 0 Å². The summed E-state index contributed by atoms with van der Waals surface area (Å²) in [5.41, 5.74) is 6.02. The Labute approximate surface area is 117 Å². The van der Waals surface area contributed by atoms with Crippen LogP contribution in [0.3, 0.4) is 0 Å². The van der Waals surface area contributed by atoms with Crippen molar-refractivity contribution in [3.05, 3.63) is 23.2 Å². The molecule has 5 heteroatoms. The van der Waals surface area contributed by atoms with Crippen LogP contribution in [-0.2, 0) is 4.79 Å². The average molecular weight is 287 g/mol.